The molecule has 1 aliphatic carbocycles. The van der Waals surface area contributed by atoms with Gasteiger partial charge in [-0.05, 0) is 71.2 Å². The summed E-state index contributed by atoms with van der Waals surface area (Å²) in [5.41, 5.74) is 8.82. The normalized spacial score (nSPS) is 15.4. The van der Waals surface area contributed by atoms with Gasteiger partial charge in [0.15, 0.2) is 0 Å². The summed E-state index contributed by atoms with van der Waals surface area (Å²) in [6.07, 6.45) is 5.81. The molecule has 0 amide bonds. The summed E-state index contributed by atoms with van der Waals surface area (Å²) in [6.45, 7) is 0. The average Bonchev–Trinajstić information content (AvgIpc) is 3.08. The summed E-state index contributed by atoms with van der Waals surface area (Å²) in [5.74, 6) is 5.70. The maximum atomic E-state index is 5.70. The van der Waals surface area contributed by atoms with Gasteiger partial charge in [0, 0.05) is 6.04 Å². The number of hydrogen-bond donors (Lipinski definition) is 2. The van der Waals surface area contributed by atoms with Gasteiger partial charge in [0.1, 0.15) is 0 Å². The summed E-state index contributed by atoms with van der Waals surface area (Å²) in [7, 11) is 0. The Labute approximate surface area is 118 Å². The number of fused-ring (bicyclic) bond motifs is 1. The van der Waals surface area contributed by atoms with E-state index in [1.807, 2.05) is 0 Å². The minimum atomic E-state index is 0.314. The van der Waals surface area contributed by atoms with Gasteiger partial charge in [0.25, 0.3) is 0 Å². The molecule has 1 atom stereocenters. The molecular formula is C16H20N2S. The number of benzene rings is 1. The van der Waals surface area contributed by atoms with E-state index in [0.29, 0.717) is 6.04 Å². The van der Waals surface area contributed by atoms with Gasteiger partial charge in [-0.2, -0.15) is 11.3 Å². The molecule has 0 spiro atoms. The van der Waals surface area contributed by atoms with Crippen LogP contribution in [-0.2, 0) is 25.7 Å². The van der Waals surface area contributed by atoms with Crippen LogP contribution in [0.25, 0.3) is 0 Å². The topological polar surface area (TPSA) is 38.0 Å². The van der Waals surface area contributed by atoms with Gasteiger partial charge >= 0.3 is 0 Å². The lowest BCUT2D eigenvalue weighted by Crippen LogP contribution is -2.38. The second-order valence-corrected chi connectivity index (χ2v) is 6.14. The zero-order chi connectivity index (χ0) is 13.1. The van der Waals surface area contributed by atoms with Crippen molar-refractivity contribution in [3.05, 3.63) is 57.3 Å². The Morgan fingerprint density at radius 1 is 1.11 bits per heavy atom. The number of thiophene rings is 1. The van der Waals surface area contributed by atoms with Gasteiger partial charge in [-0.3, -0.25) is 11.3 Å². The van der Waals surface area contributed by atoms with Gasteiger partial charge in [0.2, 0.25) is 0 Å². The predicted molar refractivity (Wildman–Crippen MR) is 81.3 cm³/mol. The van der Waals surface area contributed by atoms with Crippen LogP contribution >= 0.6 is 11.3 Å². The van der Waals surface area contributed by atoms with Crippen molar-refractivity contribution < 1.29 is 0 Å². The smallest absolute Gasteiger partial charge is 0.0291 e. The Morgan fingerprint density at radius 2 is 1.95 bits per heavy atom. The van der Waals surface area contributed by atoms with E-state index in [1.54, 1.807) is 22.5 Å². The number of hydrazine groups is 1. The van der Waals surface area contributed by atoms with Gasteiger partial charge < -0.3 is 0 Å². The van der Waals surface area contributed by atoms with Crippen molar-refractivity contribution in [2.45, 2.75) is 38.1 Å². The van der Waals surface area contributed by atoms with Crippen LogP contribution in [0.2, 0.25) is 0 Å². The summed E-state index contributed by atoms with van der Waals surface area (Å²) in [4.78, 5) is 0. The molecule has 0 radical (unpaired) electrons. The Kier molecular flexibility index (Phi) is 3.97. The molecular weight excluding hydrogens is 252 g/mol. The van der Waals surface area contributed by atoms with Gasteiger partial charge in [-0.25, -0.2) is 0 Å². The maximum absolute atomic E-state index is 5.70. The molecule has 3 rings (SSSR count). The number of rotatable bonds is 5. The van der Waals surface area contributed by atoms with Crippen LogP contribution in [0.4, 0.5) is 0 Å². The maximum Gasteiger partial charge on any atom is 0.0291 e. The standard InChI is InChI=1S/C16H20N2S/c17-18-16(10-13-6-7-19-11-13)9-12-4-5-14-2-1-3-15(14)8-12/h4-8,11,16,18H,1-3,9-10,17H2. The summed E-state index contributed by atoms with van der Waals surface area (Å²) in [5, 5.41) is 4.32. The zero-order valence-corrected chi connectivity index (χ0v) is 11.9. The van der Waals surface area contributed by atoms with Gasteiger partial charge in [-0.15, -0.1) is 0 Å². The number of hydrogen-bond acceptors (Lipinski definition) is 3. The molecule has 1 heterocycles. The fourth-order valence-electron chi connectivity index (χ4n) is 2.92. The molecule has 1 aromatic heterocycles. The van der Waals surface area contributed by atoms with E-state index in [1.165, 1.54) is 30.4 Å². The molecule has 1 aromatic carbocycles. The van der Waals surface area contributed by atoms with E-state index in [4.69, 9.17) is 5.84 Å². The van der Waals surface area contributed by atoms with Crippen molar-refractivity contribution >= 4 is 11.3 Å². The third-order valence-electron chi connectivity index (χ3n) is 3.94. The SMILES string of the molecule is NNC(Cc1ccsc1)Cc1ccc2c(c1)CCC2. The van der Waals surface area contributed by atoms with Crippen molar-refractivity contribution in [1.82, 2.24) is 5.43 Å². The van der Waals surface area contributed by atoms with Crippen LogP contribution in [0.3, 0.4) is 0 Å². The van der Waals surface area contributed by atoms with Crippen molar-refractivity contribution in [3.8, 4) is 0 Å². The number of nitrogens with one attached hydrogen (secondary N) is 1. The van der Waals surface area contributed by atoms with Crippen molar-refractivity contribution in [1.29, 1.82) is 0 Å². The first-order valence-electron chi connectivity index (χ1n) is 6.93. The zero-order valence-electron chi connectivity index (χ0n) is 11.1. The molecule has 2 nitrogen and oxygen atoms in total. The monoisotopic (exact) mass is 272 g/mol. The third-order valence-corrected chi connectivity index (χ3v) is 4.67. The fourth-order valence-corrected chi connectivity index (χ4v) is 3.60. The minimum Gasteiger partial charge on any atom is -0.271 e. The molecule has 3 heteroatoms. The lowest BCUT2D eigenvalue weighted by Gasteiger charge is -2.16. The molecule has 3 N–H and O–H groups in total. The first-order valence-corrected chi connectivity index (χ1v) is 7.87. The fraction of sp³-hybridized carbons (Fsp3) is 0.375. The average molecular weight is 272 g/mol. The van der Waals surface area contributed by atoms with Crippen molar-refractivity contribution in [2.24, 2.45) is 5.84 Å². The third kappa shape index (κ3) is 3.06. The van der Waals surface area contributed by atoms with Crippen LogP contribution in [-0.4, -0.2) is 6.04 Å². The summed E-state index contributed by atoms with van der Waals surface area (Å²) < 4.78 is 0. The van der Waals surface area contributed by atoms with Gasteiger partial charge in [0.05, 0.1) is 0 Å². The van der Waals surface area contributed by atoms with Crippen molar-refractivity contribution in [3.63, 3.8) is 0 Å². The van der Waals surface area contributed by atoms with E-state index in [-0.39, 0.29) is 0 Å². The highest BCUT2D eigenvalue weighted by Gasteiger charge is 2.13. The first-order chi connectivity index (χ1) is 9.35. The van der Waals surface area contributed by atoms with Crippen LogP contribution in [0.15, 0.2) is 35.0 Å². The number of aryl methyl sites for hydroxylation is 2. The highest BCUT2D eigenvalue weighted by Crippen LogP contribution is 2.23. The van der Waals surface area contributed by atoms with Crippen LogP contribution in [0, 0.1) is 0 Å². The first kappa shape index (κ1) is 12.9. The Hall–Kier alpha value is -1.16. The van der Waals surface area contributed by atoms with Crippen molar-refractivity contribution in [2.75, 3.05) is 0 Å². The largest absolute Gasteiger partial charge is 0.271 e. The molecule has 0 saturated carbocycles. The van der Waals surface area contributed by atoms with E-state index in [2.05, 4.69) is 40.5 Å². The van der Waals surface area contributed by atoms with Crippen LogP contribution in [0.1, 0.15) is 28.7 Å². The predicted octanol–water partition coefficient (Wildman–Crippen LogP) is 2.85. The van der Waals surface area contributed by atoms with E-state index in [0.717, 1.165) is 12.8 Å². The number of nitrogens with two attached hydrogens (primary N) is 1. The Balaban J connectivity index is 1.68. The molecule has 2 aromatic rings. The molecule has 1 aliphatic rings. The molecule has 100 valence electrons. The molecule has 0 aliphatic heterocycles. The quantitative estimate of drug-likeness (QED) is 0.649. The van der Waals surface area contributed by atoms with Crippen LogP contribution in [0.5, 0.6) is 0 Å². The van der Waals surface area contributed by atoms with E-state index in [9.17, 15) is 0 Å². The molecule has 0 fully saturated rings. The Morgan fingerprint density at radius 3 is 2.74 bits per heavy atom. The molecule has 19 heavy (non-hydrogen) atoms. The lowest BCUT2D eigenvalue weighted by atomic mass is 9.98. The summed E-state index contributed by atoms with van der Waals surface area (Å²) in [6, 6.07) is 9.43. The molecule has 1 unspecified atom stereocenters. The molecule has 0 saturated heterocycles. The second-order valence-electron chi connectivity index (χ2n) is 5.36. The lowest BCUT2D eigenvalue weighted by molar-refractivity contribution is 0.523. The molecule has 0 bridgehead atoms. The van der Waals surface area contributed by atoms with Crippen LogP contribution < -0.4 is 11.3 Å². The Bertz CT molecular complexity index is 534. The minimum absolute atomic E-state index is 0.314. The second kappa shape index (κ2) is 5.87. The van der Waals surface area contributed by atoms with Gasteiger partial charge in [-0.1, -0.05) is 18.2 Å². The van der Waals surface area contributed by atoms with E-state index >= 15 is 0 Å². The summed E-state index contributed by atoms with van der Waals surface area (Å²) >= 11 is 1.75. The van der Waals surface area contributed by atoms with E-state index < -0.39 is 0 Å². The highest BCUT2D eigenvalue weighted by atomic mass is 32.1. The highest BCUT2D eigenvalue weighted by molar-refractivity contribution is 7.07.